The molecule has 0 saturated heterocycles. The SMILES string of the molecule is CC(C)(C)N(Cc1ccc(Nc2ccc(C(F)(F)F)cc2N)cc1)C(=O)O. The summed E-state index contributed by atoms with van der Waals surface area (Å²) in [7, 11) is 0. The van der Waals surface area contributed by atoms with Crippen molar-refractivity contribution in [1.29, 1.82) is 0 Å². The highest BCUT2D eigenvalue weighted by Crippen LogP contribution is 2.33. The molecule has 0 spiro atoms. The first-order valence-electron chi connectivity index (χ1n) is 8.21. The first-order valence-corrected chi connectivity index (χ1v) is 8.21. The lowest BCUT2D eigenvalue weighted by Crippen LogP contribution is -2.44. The molecule has 2 rings (SSSR count). The summed E-state index contributed by atoms with van der Waals surface area (Å²) < 4.78 is 38.1. The molecule has 0 aromatic heterocycles. The second-order valence-electron chi connectivity index (χ2n) is 7.16. The Morgan fingerprint density at radius 2 is 1.70 bits per heavy atom. The number of anilines is 3. The van der Waals surface area contributed by atoms with Crippen LogP contribution < -0.4 is 11.1 Å². The highest BCUT2D eigenvalue weighted by molar-refractivity contribution is 5.73. The summed E-state index contributed by atoms with van der Waals surface area (Å²) in [6.45, 7) is 5.65. The number of nitrogen functional groups attached to an aromatic ring is 1. The Labute approximate surface area is 155 Å². The summed E-state index contributed by atoms with van der Waals surface area (Å²) in [6.07, 6.45) is -5.46. The molecule has 8 heteroatoms. The van der Waals surface area contributed by atoms with Crippen molar-refractivity contribution in [2.24, 2.45) is 0 Å². The lowest BCUT2D eigenvalue weighted by Gasteiger charge is -2.33. The number of rotatable bonds is 4. The summed E-state index contributed by atoms with van der Waals surface area (Å²) in [4.78, 5) is 12.7. The van der Waals surface area contributed by atoms with E-state index in [0.29, 0.717) is 11.4 Å². The highest BCUT2D eigenvalue weighted by atomic mass is 19.4. The number of carbonyl (C=O) groups is 1. The molecule has 0 heterocycles. The van der Waals surface area contributed by atoms with E-state index in [4.69, 9.17) is 5.73 Å². The molecule has 2 aromatic carbocycles. The van der Waals surface area contributed by atoms with Crippen LogP contribution in [0.15, 0.2) is 42.5 Å². The maximum absolute atomic E-state index is 12.7. The number of nitrogens with zero attached hydrogens (tertiary/aromatic N) is 1. The predicted octanol–water partition coefficient (Wildman–Crippen LogP) is 5.31. The van der Waals surface area contributed by atoms with Gasteiger partial charge in [0.1, 0.15) is 0 Å². The van der Waals surface area contributed by atoms with E-state index in [0.717, 1.165) is 17.7 Å². The topological polar surface area (TPSA) is 78.6 Å². The summed E-state index contributed by atoms with van der Waals surface area (Å²) in [5.74, 6) is 0. The smallest absolute Gasteiger partial charge is 0.416 e. The van der Waals surface area contributed by atoms with Crippen molar-refractivity contribution < 1.29 is 23.1 Å². The largest absolute Gasteiger partial charge is 0.465 e. The van der Waals surface area contributed by atoms with Crippen LogP contribution in [0, 0.1) is 0 Å². The van der Waals surface area contributed by atoms with Crippen LogP contribution in [0.3, 0.4) is 0 Å². The van der Waals surface area contributed by atoms with Crippen LogP contribution in [0.1, 0.15) is 31.9 Å². The van der Waals surface area contributed by atoms with E-state index >= 15 is 0 Å². The van der Waals surface area contributed by atoms with E-state index in [1.807, 2.05) is 20.8 Å². The van der Waals surface area contributed by atoms with Crippen molar-refractivity contribution in [1.82, 2.24) is 4.90 Å². The fourth-order valence-electron chi connectivity index (χ4n) is 2.48. The molecule has 0 unspecified atom stereocenters. The van der Waals surface area contributed by atoms with Crippen LogP contribution in [0.2, 0.25) is 0 Å². The summed E-state index contributed by atoms with van der Waals surface area (Å²) in [5, 5.41) is 12.3. The maximum atomic E-state index is 12.7. The number of nitrogens with one attached hydrogen (secondary N) is 1. The summed E-state index contributed by atoms with van der Waals surface area (Å²) in [5.41, 5.74) is 6.12. The van der Waals surface area contributed by atoms with Gasteiger partial charge < -0.3 is 16.2 Å². The van der Waals surface area contributed by atoms with Crippen molar-refractivity contribution >= 4 is 23.2 Å². The van der Waals surface area contributed by atoms with E-state index in [2.05, 4.69) is 5.32 Å². The van der Waals surface area contributed by atoms with Crippen LogP contribution in [0.4, 0.5) is 35.0 Å². The Balaban J connectivity index is 2.13. The Bertz CT molecular complexity index is 812. The number of alkyl halides is 3. The van der Waals surface area contributed by atoms with Gasteiger partial charge >= 0.3 is 12.3 Å². The molecule has 0 aliphatic carbocycles. The molecule has 1 amide bonds. The molecule has 0 bridgehead atoms. The molecule has 0 saturated carbocycles. The van der Waals surface area contributed by atoms with Crippen LogP contribution >= 0.6 is 0 Å². The fraction of sp³-hybridized carbons (Fsp3) is 0.316. The molecule has 0 fully saturated rings. The van der Waals surface area contributed by atoms with Gasteiger partial charge in [-0.25, -0.2) is 4.79 Å². The Morgan fingerprint density at radius 3 is 2.15 bits per heavy atom. The zero-order valence-electron chi connectivity index (χ0n) is 15.3. The highest BCUT2D eigenvalue weighted by Gasteiger charge is 2.30. The molecule has 0 aliphatic heterocycles. The molecule has 4 N–H and O–H groups in total. The van der Waals surface area contributed by atoms with E-state index in [1.54, 1.807) is 24.3 Å². The van der Waals surface area contributed by atoms with Crippen molar-refractivity contribution in [3.8, 4) is 0 Å². The number of benzene rings is 2. The third-order valence-corrected chi connectivity index (χ3v) is 3.99. The Kier molecular flexibility index (Phi) is 5.58. The van der Waals surface area contributed by atoms with E-state index in [1.165, 1.54) is 11.0 Å². The first-order chi connectivity index (χ1) is 12.4. The van der Waals surface area contributed by atoms with Gasteiger partial charge in [0, 0.05) is 17.8 Å². The number of hydrogen-bond acceptors (Lipinski definition) is 3. The summed E-state index contributed by atoms with van der Waals surface area (Å²) >= 11 is 0. The van der Waals surface area contributed by atoms with E-state index in [-0.39, 0.29) is 12.2 Å². The molecule has 5 nitrogen and oxygen atoms in total. The molecule has 27 heavy (non-hydrogen) atoms. The minimum atomic E-state index is -4.45. The fourth-order valence-corrected chi connectivity index (χ4v) is 2.48. The van der Waals surface area contributed by atoms with Gasteiger partial charge in [0.05, 0.1) is 16.9 Å². The van der Waals surface area contributed by atoms with Gasteiger partial charge in [-0.2, -0.15) is 13.2 Å². The number of amides is 1. The number of nitrogens with two attached hydrogens (primary N) is 1. The van der Waals surface area contributed by atoms with E-state index < -0.39 is 23.4 Å². The van der Waals surface area contributed by atoms with Gasteiger partial charge in [0.2, 0.25) is 0 Å². The number of carboxylic acid groups (broad SMARTS) is 1. The van der Waals surface area contributed by atoms with Crippen LogP contribution in [-0.4, -0.2) is 21.6 Å². The second-order valence-corrected chi connectivity index (χ2v) is 7.16. The standard InChI is InChI=1S/C19H22F3N3O2/c1-18(2,3)25(17(26)27)11-12-4-7-14(8-5-12)24-16-9-6-13(10-15(16)23)19(20,21)22/h4-10,24H,11,23H2,1-3H3,(H,26,27). The predicted molar refractivity (Wildman–Crippen MR) is 98.9 cm³/mol. The second kappa shape index (κ2) is 7.38. The van der Waals surface area contributed by atoms with Crippen LogP contribution in [0.5, 0.6) is 0 Å². The average Bonchev–Trinajstić information content (AvgIpc) is 2.53. The minimum Gasteiger partial charge on any atom is -0.465 e. The van der Waals surface area contributed by atoms with Gasteiger partial charge in [-0.3, -0.25) is 4.90 Å². The minimum absolute atomic E-state index is 0.0151. The number of hydrogen-bond donors (Lipinski definition) is 3. The van der Waals surface area contributed by atoms with Gasteiger partial charge in [-0.15, -0.1) is 0 Å². The molecule has 2 aromatic rings. The number of halogens is 3. The van der Waals surface area contributed by atoms with Gasteiger partial charge in [-0.1, -0.05) is 12.1 Å². The quantitative estimate of drug-likeness (QED) is 0.627. The molecular weight excluding hydrogens is 359 g/mol. The van der Waals surface area contributed by atoms with Crippen LogP contribution in [-0.2, 0) is 12.7 Å². The third kappa shape index (κ3) is 5.29. The normalized spacial score (nSPS) is 11.9. The maximum Gasteiger partial charge on any atom is 0.416 e. The van der Waals surface area contributed by atoms with Crippen molar-refractivity contribution in [2.75, 3.05) is 11.1 Å². The van der Waals surface area contributed by atoms with Gasteiger partial charge in [0.25, 0.3) is 0 Å². The average molecular weight is 381 g/mol. The Hall–Kier alpha value is -2.90. The molecular formula is C19H22F3N3O2. The molecule has 146 valence electrons. The zero-order chi connectivity index (χ0) is 20.4. The van der Waals surface area contributed by atoms with Gasteiger partial charge in [-0.05, 0) is 56.7 Å². The zero-order valence-corrected chi connectivity index (χ0v) is 15.3. The van der Waals surface area contributed by atoms with Crippen molar-refractivity contribution in [2.45, 2.75) is 39.0 Å². The Morgan fingerprint density at radius 1 is 1.11 bits per heavy atom. The first kappa shape index (κ1) is 20.4. The summed E-state index contributed by atoms with van der Waals surface area (Å²) in [6, 6.07) is 10.1. The van der Waals surface area contributed by atoms with Crippen LogP contribution in [0.25, 0.3) is 0 Å². The lowest BCUT2D eigenvalue weighted by molar-refractivity contribution is -0.137. The molecule has 0 radical (unpaired) electrons. The molecule has 0 aliphatic rings. The van der Waals surface area contributed by atoms with Gasteiger partial charge in [0.15, 0.2) is 0 Å². The molecule has 0 atom stereocenters. The van der Waals surface area contributed by atoms with Crippen molar-refractivity contribution in [3.05, 3.63) is 53.6 Å². The monoisotopic (exact) mass is 381 g/mol. The third-order valence-electron chi connectivity index (χ3n) is 3.99. The lowest BCUT2D eigenvalue weighted by atomic mass is 10.1. The van der Waals surface area contributed by atoms with E-state index in [9.17, 15) is 23.1 Å². The van der Waals surface area contributed by atoms with Crippen molar-refractivity contribution in [3.63, 3.8) is 0 Å².